The zero-order chi connectivity index (χ0) is 14.0. The zero-order valence-electron chi connectivity index (χ0n) is 11.4. The average Bonchev–Trinajstić information content (AvgIpc) is 2.89. The molecular weight excluding hydrogens is 252 g/mol. The van der Waals surface area contributed by atoms with Crippen LogP contribution in [0.3, 0.4) is 0 Å². The molecule has 1 saturated heterocycles. The Kier molecular flexibility index (Phi) is 3.94. The van der Waals surface area contributed by atoms with Crippen molar-refractivity contribution in [2.24, 2.45) is 0 Å². The highest BCUT2D eigenvalue weighted by Gasteiger charge is 2.30. The van der Waals surface area contributed by atoms with Gasteiger partial charge in [0.05, 0.1) is 14.2 Å². The van der Waals surface area contributed by atoms with Gasteiger partial charge in [0.15, 0.2) is 11.5 Å². The Hall–Kier alpha value is -1.36. The van der Waals surface area contributed by atoms with Crippen molar-refractivity contribution in [3.63, 3.8) is 0 Å². The number of alkyl halides is 2. The summed E-state index contributed by atoms with van der Waals surface area (Å²) in [5, 5.41) is 3.30. The predicted molar refractivity (Wildman–Crippen MR) is 69.1 cm³/mol. The van der Waals surface area contributed by atoms with E-state index in [1.165, 1.54) is 26.4 Å². The normalized spacial score (nSPS) is 19.5. The van der Waals surface area contributed by atoms with E-state index >= 15 is 0 Å². The fourth-order valence-corrected chi connectivity index (χ4v) is 2.46. The van der Waals surface area contributed by atoms with Crippen LogP contribution in [0.5, 0.6) is 11.5 Å². The molecule has 3 nitrogen and oxygen atoms in total. The first-order valence-electron chi connectivity index (χ1n) is 6.35. The number of methoxy groups -OCH3 is 2. The van der Waals surface area contributed by atoms with E-state index in [9.17, 15) is 8.78 Å². The van der Waals surface area contributed by atoms with Gasteiger partial charge in [0.25, 0.3) is 5.92 Å². The van der Waals surface area contributed by atoms with Gasteiger partial charge >= 0.3 is 0 Å². The van der Waals surface area contributed by atoms with Crippen LogP contribution in [0.1, 0.15) is 36.9 Å². The topological polar surface area (TPSA) is 30.5 Å². The molecule has 0 bridgehead atoms. The maximum absolute atomic E-state index is 13.6. The minimum Gasteiger partial charge on any atom is -0.493 e. The lowest BCUT2D eigenvalue weighted by atomic mass is 9.98. The summed E-state index contributed by atoms with van der Waals surface area (Å²) in [7, 11) is 2.99. The molecule has 2 rings (SSSR count). The highest BCUT2D eigenvalue weighted by molar-refractivity contribution is 5.52. The van der Waals surface area contributed by atoms with E-state index in [1.807, 2.05) is 0 Å². The van der Waals surface area contributed by atoms with Crippen LogP contribution >= 0.6 is 0 Å². The molecule has 1 unspecified atom stereocenters. The maximum atomic E-state index is 13.6. The van der Waals surface area contributed by atoms with Crippen LogP contribution in [-0.2, 0) is 5.92 Å². The fraction of sp³-hybridized carbons (Fsp3) is 0.571. The quantitative estimate of drug-likeness (QED) is 0.912. The van der Waals surface area contributed by atoms with Crippen molar-refractivity contribution in [2.45, 2.75) is 31.7 Å². The van der Waals surface area contributed by atoms with Crippen LogP contribution in [0.2, 0.25) is 0 Å². The van der Waals surface area contributed by atoms with E-state index in [1.54, 1.807) is 0 Å². The van der Waals surface area contributed by atoms with Gasteiger partial charge in [0.1, 0.15) is 0 Å². The number of hydrogen-bond donors (Lipinski definition) is 1. The average molecular weight is 271 g/mol. The van der Waals surface area contributed by atoms with Crippen LogP contribution in [0.15, 0.2) is 12.1 Å². The van der Waals surface area contributed by atoms with Gasteiger partial charge in [-0.25, -0.2) is 8.78 Å². The van der Waals surface area contributed by atoms with Gasteiger partial charge in [-0.1, -0.05) is 0 Å². The number of hydrogen-bond acceptors (Lipinski definition) is 3. The standard InChI is InChI=1S/C14H19F2NO2/c1-14(15,16)9-7-10(11-5-4-6-17-11)13(19-3)12(8-9)18-2/h7-8,11,17H,4-6H2,1-3H3. The van der Waals surface area contributed by atoms with Crippen molar-refractivity contribution in [3.8, 4) is 11.5 Å². The van der Waals surface area contributed by atoms with Crippen LogP contribution in [0.4, 0.5) is 8.78 Å². The lowest BCUT2D eigenvalue weighted by Crippen LogP contribution is -2.16. The molecule has 0 amide bonds. The summed E-state index contributed by atoms with van der Waals surface area (Å²) in [6.07, 6.45) is 1.95. The van der Waals surface area contributed by atoms with Gasteiger partial charge < -0.3 is 14.8 Å². The molecular formula is C14H19F2NO2. The highest BCUT2D eigenvalue weighted by atomic mass is 19.3. The molecule has 1 aliphatic rings. The SMILES string of the molecule is COc1cc(C(C)(F)F)cc(C2CCCN2)c1OC. The third-order valence-electron chi connectivity index (χ3n) is 3.45. The monoisotopic (exact) mass is 271 g/mol. The van der Waals surface area contributed by atoms with Gasteiger partial charge in [-0.3, -0.25) is 0 Å². The molecule has 0 radical (unpaired) electrons. The van der Waals surface area contributed by atoms with Crippen molar-refractivity contribution in [3.05, 3.63) is 23.3 Å². The molecule has 1 aromatic rings. The van der Waals surface area contributed by atoms with Gasteiger partial charge in [-0.2, -0.15) is 0 Å². The molecule has 1 aromatic carbocycles. The molecule has 0 saturated carbocycles. The van der Waals surface area contributed by atoms with E-state index in [4.69, 9.17) is 9.47 Å². The van der Waals surface area contributed by atoms with E-state index in [-0.39, 0.29) is 11.6 Å². The minimum absolute atomic E-state index is 0.0474. The molecule has 1 atom stereocenters. The molecule has 1 heterocycles. The molecule has 19 heavy (non-hydrogen) atoms. The molecule has 0 aliphatic carbocycles. The molecule has 0 spiro atoms. The number of benzene rings is 1. The smallest absolute Gasteiger partial charge is 0.270 e. The Morgan fingerprint density at radius 1 is 1.26 bits per heavy atom. The summed E-state index contributed by atoms with van der Waals surface area (Å²) < 4.78 is 37.6. The van der Waals surface area contributed by atoms with Crippen LogP contribution in [0.25, 0.3) is 0 Å². The Morgan fingerprint density at radius 2 is 2.00 bits per heavy atom. The summed E-state index contributed by atoms with van der Waals surface area (Å²) in [5.74, 6) is -2.01. The highest BCUT2D eigenvalue weighted by Crippen LogP contribution is 2.42. The third kappa shape index (κ3) is 2.81. The lowest BCUT2D eigenvalue weighted by molar-refractivity contribution is 0.0171. The molecule has 1 fully saturated rings. The van der Waals surface area contributed by atoms with E-state index < -0.39 is 5.92 Å². The molecule has 0 aromatic heterocycles. The Morgan fingerprint density at radius 3 is 2.47 bits per heavy atom. The fourth-order valence-electron chi connectivity index (χ4n) is 2.46. The summed E-state index contributed by atoms with van der Waals surface area (Å²) in [4.78, 5) is 0. The maximum Gasteiger partial charge on any atom is 0.270 e. The first-order chi connectivity index (χ1) is 8.97. The number of ether oxygens (including phenoxy) is 2. The number of rotatable bonds is 4. The van der Waals surface area contributed by atoms with Crippen LogP contribution in [-0.4, -0.2) is 20.8 Å². The van der Waals surface area contributed by atoms with Gasteiger partial charge in [-0.15, -0.1) is 0 Å². The molecule has 106 valence electrons. The second-order valence-electron chi connectivity index (χ2n) is 4.84. The summed E-state index contributed by atoms with van der Waals surface area (Å²) in [6.45, 7) is 1.78. The van der Waals surface area contributed by atoms with Crippen LogP contribution in [0, 0.1) is 0 Å². The summed E-state index contributed by atoms with van der Waals surface area (Å²) in [5.41, 5.74) is 0.699. The van der Waals surface area contributed by atoms with Crippen molar-refractivity contribution >= 4 is 0 Å². The van der Waals surface area contributed by atoms with Crippen molar-refractivity contribution in [2.75, 3.05) is 20.8 Å². The van der Waals surface area contributed by atoms with Crippen molar-refractivity contribution in [1.82, 2.24) is 5.32 Å². The molecule has 1 N–H and O–H groups in total. The third-order valence-corrected chi connectivity index (χ3v) is 3.45. The zero-order valence-corrected chi connectivity index (χ0v) is 11.4. The lowest BCUT2D eigenvalue weighted by Gasteiger charge is -2.21. The molecule has 5 heteroatoms. The minimum atomic E-state index is -2.90. The summed E-state index contributed by atoms with van der Waals surface area (Å²) in [6, 6.07) is 2.91. The molecule has 1 aliphatic heterocycles. The predicted octanol–water partition coefficient (Wildman–Crippen LogP) is 3.24. The van der Waals surface area contributed by atoms with Crippen LogP contribution < -0.4 is 14.8 Å². The van der Waals surface area contributed by atoms with Crippen molar-refractivity contribution < 1.29 is 18.3 Å². The van der Waals surface area contributed by atoms with Gasteiger partial charge in [0.2, 0.25) is 0 Å². The Labute approximate surface area is 111 Å². The number of halogens is 2. The van der Waals surface area contributed by atoms with E-state index in [0.717, 1.165) is 31.9 Å². The first kappa shape index (κ1) is 14.1. The second-order valence-corrected chi connectivity index (χ2v) is 4.84. The Balaban J connectivity index is 2.54. The van der Waals surface area contributed by atoms with Gasteiger partial charge in [0, 0.05) is 24.1 Å². The largest absolute Gasteiger partial charge is 0.493 e. The Bertz CT molecular complexity index is 451. The van der Waals surface area contributed by atoms with Gasteiger partial charge in [-0.05, 0) is 31.5 Å². The summed E-state index contributed by atoms with van der Waals surface area (Å²) >= 11 is 0. The second kappa shape index (κ2) is 5.33. The first-order valence-corrected chi connectivity index (χ1v) is 6.35. The van der Waals surface area contributed by atoms with Crippen molar-refractivity contribution in [1.29, 1.82) is 0 Å². The number of nitrogens with one attached hydrogen (secondary N) is 1. The van der Waals surface area contributed by atoms with E-state index in [2.05, 4.69) is 5.32 Å². The van der Waals surface area contributed by atoms with E-state index in [0.29, 0.717) is 11.5 Å².